The molecule has 8 heteroatoms. The van der Waals surface area contributed by atoms with Crippen molar-refractivity contribution in [3.05, 3.63) is 57.7 Å². The van der Waals surface area contributed by atoms with Crippen LogP contribution in [0.1, 0.15) is 15.9 Å². The van der Waals surface area contributed by atoms with E-state index in [-0.39, 0.29) is 60.5 Å². The molecule has 0 fully saturated rings. The van der Waals surface area contributed by atoms with E-state index in [1.165, 1.54) is 13.0 Å². The zero-order valence-corrected chi connectivity index (χ0v) is 14.3. The zero-order valence-electron chi connectivity index (χ0n) is 10.6. The van der Waals surface area contributed by atoms with Gasteiger partial charge < -0.3 is 33.1 Å². The van der Waals surface area contributed by atoms with Crippen molar-refractivity contribution in [2.45, 2.75) is 6.92 Å². The monoisotopic (exact) mass is 376 g/mol. The molecule has 20 heavy (non-hydrogen) atoms. The molecule has 2 aromatic rings. The van der Waals surface area contributed by atoms with E-state index in [1.54, 1.807) is 11.3 Å². The molecule has 0 bridgehead atoms. The number of carbonyl (C=O) groups is 1. The first-order valence-electron chi connectivity index (χ1n) is 4.67. The van der Waals surface area contributed by atoms with E-state index >= 15 is 0 Å². The molecule has 5 nitrogen and oxygen atoms in total. The second-order valence-corrected chi connectivity index (χ2v) is 3.93. The van der Waals surface area contributed by atoms with Crippen LogP contribution in [0.15, 0.2) is 29.6 Å². The number of aromatic carboxylic acids is 1. The Bertz CT molecular complexity index is 468. The summed E-state index contributed by atoms with van der Waals surface area (Å²) < 4.78 is 12.9. The predicted octanol–water partition coefficient (Wildman–Crippen LogP) is 2.41. The van der Waals surface area contributed by atoms with Crippen LogP contribution in [0.3, 0.4) is 0 Å². The van der Waals surface area contributed by atoms with E-state index < -0.39 is 11.8 Å². The Labute approximate surface area is 145 Å². The summed E-state index contributed by atoms with van der Waals surface area (Å²) in [4.78, 5) is 10.5. The molecule has 0 unspecified atom stereocenters. The summed E-state index contributed by atoms with van der Waals surface area (Å²) in [6.07, 6.45) is 0. The van der Waals surface area contributed by atoms with Crippen molar-refractivity contribution < 1.29 is 58.0 Å². The third kappa shape index (κ3) is 7.66. The minimum atomic E-state index is -1.30. The number of halogens is 1. The quantitative estimate of drug-likeness (QED) is 0.768. The summed E-state index contributed by atoms with van der Waals surface area (Å²) in [6.45, 7) is 1.46. The van der Waals surface area contributed by atoms with Gasteiger partial charge in [-0.2, -0.15) is 11.4 Å². The Morgan fingerprint density at radius 1 is 1.40 bits per heavy atom. The molecule has 0 aliphatic heterocycles. The summed E-state index contributed by atoms with van der Waals surface area (Å²) in [7, 11) is 0. The van der Waals surface area contributed by atoms with Crippen molar-refractivity contribution in [1.29, 1.82) is 0 Å². The average molecular weight is 376 g/mol. The minimum Gasteiger partial charge on any atom is -0.699 e. The van der Waals surface area contributed by atoms with Crippen LogP contribution in [0.2, 0.25) is 0 Å². The summed E-state index contributed by atoms with van der Waals surface area (Å²) in [5, 5.41) is 13.4. The first-order chi connectivity index (χ1) is 8.02. The number of hydrogen-bond donors (Lipinski definition) is 1. The minimum absolute atomic E-state index is 0. The topological polar surface area (TPSA) is 124 Å². The first-order valence-corrected chi connectivity index (χ1v) is 5.55. The molecule has 0 saturated heterocycles. The number of carboxylic acid groups (broad SMARTS) is 1. The Hall–Kier alpha value is -0.856. The maximum atomic E-state index is 12.9. The molecule has 1 heterocycles. The normalized spacial score (nSPS) is 7.90. The van der Waals surface area contributed by atoms with E-state index in [9.17, 15) is 9.18 Å². The van der Waals surface area contributed by atoms with Crippen LogP contribution in [0.4, 0.5) is 10.1 Å². The van der Waals surface area contributed by atoms with Crippen LogP contribution in [-0.2, 0) is 32.7 Å². The van der Waals surface area contributed by atoms with Crippen LogP contribution in [0.25, 0.3) is 5.73 Å². The van der Waals surface area contributed by atoms with Gasteiger partial charge in [-0.25, -0.2) is 15.3 Å². The maximum Gasteiger partial charge on any atom is 0.338 e. The van der Waals surface area contributed by atoms with Crippen LogP contribution >= 0.6 is 11.3 Å². The second-order valence-electron chi connectivity index (χ2n) is 3.19. The van der Waals surface area contributed by atoms with Gasteiger partial charge >= 0.3 is 5.97 Å². The zero-order chi connectivity index (χ0) is 12.8. The maximum absolute atomic E-state index is 12.9. The van der Waals surface area contributed by atoms with E-state index in [1.807, 2.05) is 17.5 Å². The molecular formula is C12H14FNO4SY-2. The Balaban J connectivity index is -0.000000312. The molecule has 0 aliphatic rings. The number of benzene rings is 1. The van der Waals surface area contributed by atoms with Gasteiger partial charge in [-0.05, 0) is 18.6 Å². The summed E-state index contributed by atoms with van der Waals surface area (Å²) in [5.41, 5.74) is 6.98. The molecule has 0 atom stereocenters. The molecule has 0 aliphatic carbocycles. The van der Waals surface area contributed by atoms with Crippen molar-refractivity contribution in [1.82, 2.24) is 0 Å². The van der Waals surface area contributed by atoms with Crippen LogP contribution in [-0.4, -0.2) is 22.0 Å². The molecule has 1 aromatic heterocycles. The van der Waals surface area contributed by atoms with Gasteiger partial charge in [0.15, 0.2) is 0 Å². The van der Waals surface area contributed by atoms with Crippen molar-refractivity contribution in [3.63, 3.8) is 0 Å². The van der Waals surface area contributed by atoms with Crippen LogP contribution < -0.4 is 0 Å². The van der Waals surface area contributed by atoms with E-state index in [4.69, 9.17) is 10.8 Å². The smallest absolute Gasteiger partial charge is 0.338 e. The summed E-state index contributed by atoms with van der Waals surface area (Å²) in [5.74, 6) is -2.16. The van der Waals surface area contributed by atoms with E-state index in [0.29, 0.717) is 0 Å². The molecular weight excluding hydrogens is 362 g/mol. The molecule has 6 N–H and O–H groups in total. The molecule has 2 rings (SSSR count). The largest absolute Gasteiger partial charge is 0.699 e. The Kier molecular flexibility index (Phi) is 14.4. The number of nitrogens with one attached hydrogen (secondary N) is 1. The third-order valence-corrected chi connectivity index (χ3v) is 2.45. The molecule has 0 saturated carbocycles. The van der Waals surface area contributed by atoms with Gasteiger partial charge in [0.25, 0.3) is 0 Å². The number of aryl methyl sites for hydroxylation is 1. The van der Waals surface area contributed by atoms with Gasteiger partial charge in [-0.1, -0.05) is 6.07 Å². The fraction of sp³-hybridized carbons (Fsp3) is 0.0833. The van der Waals surface area contributed by atoms with E-state index in [0.717, 1.165) is 6.07 Å². The Morgan fingerprint density at radius 2 is 2.00 bits per heavy atom. The van der Waals surface area contributed by atoms with Crippen molar-refractivity contribution in [3.8, 4) is 0 Å². The van der Waals surface area contributed by atoms with Crippen molar-refractivity contribution in [2.75, 3.05) is 0 Å². The van der Waals surface area contributed by atoms with Gasteiger partial charge in [0, 0.05) is 32.7 Å². The Morgan fingerprint density at radius 3 is 2.30 bits per heavy atom. The molecule has 0 amide bonds. The van der Waals surface area contributed by atoms with Gasteiger partial charge in [0.05, 0.1) is 5.56 Å². The molecule has 1 aromatic carbocycles. The average Bonchev–Trinajstić information content (AvgIpc) is 2.71. The predicted molar refractivity (Wildman–Crippen MR) is 72.5 cm³/mol. The number of hydrogen-bond acceptors (Lipinski definition) is 2. The van der Waals surface area contributed by atoms with Crippen LogP contribution in [0.5, 0.6) is 0 Å². The third-order valence-electron chi connectivity index (χ3n) is 1.88. The number of rotatable bonds is 1. The van der Waals surface area contributed by atoms with Gasteiger partial charge in [-0.15, -0.1) is 11.1 Å². The standard InChI is InChI=1S/C8H7FNO2.C4H3S.2H2O.Y/c1-4-2-5(10)3-6(9)7(4)8(11)12;1-2-4-5-3-1;;;/h2-3,10H,1H3,(H,11,12);1-3H;2*1H2;/q2*-1;;;. The van der Waals surface area contributed by atoms with Crippen LogP contribution in [0, 0.1) is 18.1 Å². The molecule has 1 radical (unpaired) electrons. The fourth-order valence-electron chi connectivity index (χ4n) is 1.21. The summed E-state index contributed by atoms with van der Waals surface area (Å²) >= 11 is 1.59. The van der Waals surface area contributed by atoms with Gasteiger partial charge in [0.2, 0.25) is 0 Å². The second kappa shape index (κ2) is 11.9. The molecule has 0 spiro atoms. The van der Waals surface area contributed by atoms with E-state index in [2.05, 4.69) is 5.38 Å². The summed E-state index contributed by atoms with van der Waals surface area (Å²) in [6, 6.07) is 6.05. The SMILES string of the molecule is Cc1cc([NH-])cc(F)c1C(=O)O.O.O.[Y].[c-]1cccs1. The van der Waals surface area contributed by atoms with Gasteiger partial charge in [-0.3, -0.25) is 0 Å². The van der Waals surface area contributed by atoms with Crippen molar-refractivity contribution >= 4 is 23.0 Å². The number of carboxylic acids is 1. The fourth-order valence-corrected chi connectivity index (χ4v) is 1.60. The first kappa shape index (κ1) is 24.2. The van der Waals surface area contributed by atoms with Crippen molar-refractivity contribution in [2.24, 2.45) is 0 Å². The number of thiophene rings is 1. The van der Waals surface area contributed by atoms with Gasteiger partial charge in [0.1, 0.15) is 5.82 Å². The molecule has 109 valence electrons.